The fourth-order valence-corrected chi connectivity index (χ4v) is 2.98. The van der Waals surface area contributed by atoms with Gasteiger partial charge in [-0.1, -0.05) is 44.1 Å². The van der Waals surface area contributed by atoms with Gasteiger partial charge in [0.25, 0.3) is 5.56 Å². The van der Waals surface area contributed by atoms with E-state index in [9.17, 15) is 9.59 Å². The molecule has 3 aromatic rings. The molecule has 0 saturated carbocycles. The average molecular weight is 452 g/mol. The Labute approximate surface area is 182 Å². The minimum atomic E-state index is -1.03. The summed E-state index contributed by atoms with van der Waals surface area (Å²) in [4.78, 5) is 26.2. The number of thioether (sulfide) groups is 1. The molecule has 9 nitrogen and oxygen atoms in total. The summed E-state index contributed by atoms with van der Waals surface area (Å²) in [7, 11) is 0. The summed E-state index contributed by atoms with van der Waals surface area (Å²) in [5, 5.41) is 18.0. The van der Waals surface area contributed by atoms with E-state index in [1.807, 2.05) is 20.8 Å². The number of halogens is 1. The predicted molar refractivity (Wildman–Crippen MR) is 117 cm³/mol. The zero-order valence-corrected chi connectivity index (χ0v) is 18.5. The van der Waals surface area contributed by atoms with E-state index in [2.05, 4.69) is 15.2 Å². The SMILES string of the molecule is CSc1nnc(C(C)(C)C)c(=O)n1N.O=C(O)COc1ccc(Cl)c2cccnc12. The van der Waals surface area contributed by atoms with Crippen LogP contribution in [-0.4, -0.2) is 43.8 Å². The van der Waals surface area contributed by atoms with Crippen LogP contribution in [0.25, 0.3) is 10.9 Å². The van der Waals surface area contributed by atoms with Gasteiger partial charge in [-0.05, 0) is 30.5 Å². The van der Waals surface area contributed by atoms with E-state index in [1.165, 1.54) is 11.8 Å². The number of fused-ring (bicyclic) bond motifs is 1. The van der Waals surface area contributed by atoms with Crippen LogP contribution in [0.4, 0.5) is 0 Å². The summed E-state index contributed by atoms with van der Waals surface area (Å²) in [6.07, 6.45) is 3.40. The number of ether oxygens (including phenoxy) is 1. The van der Waals surface area contributed by atoms with Gasteiger partial charge in [0.2, 0.25) is 5.16 Å². The zero-order valence-electron chi connectivity index (χ0n) is 16.9. The monoisotopic (exact) mass is 451 g/mol. The number of hydrogen-bond donors (Lipinski definition) is 2. The molecule has 0 unspecified atom stereocenters. The lowest BCUT2D eigenvalue weighted by molar-refractivity contribution is -0.139. The van der Waals surface area contributed by atoms with Crippen molar-refractivity contribution >= 4 is 40.2 Å². The zero-order chi connectivity index (χ0) is 22.5. The molecule has 160 valence electrons. The number of pyridine rings is 1. The number of aliphatic carboxylic acids is 1. The van der Waals surface area contributed by atoms with Gasteiger partial charge in [-0.2, -0.15) is 4.68 Å². The van der Waals surface area contributed by atoms with E-state index in [0.717, 1.165) is 10.1 Å². The molecule has 3 N–H and O–H groups in total. The van der Waals surface area contributed by atoms with Gasteiger partial charge in [0.15, 0.2) is 6.61 Å². The molecule has 0 bridgehead atoms. The van der Waals surface area contributed by atoms with Crippen molar-refractivity contribution in [3.63, 3.8) is 0 Å². The highest BCUT2D eigenvalue weighted by molar-refractivity contribution is 7.98. The van der Waals surface area contributed by atoms with Gasteiger partial charge < -0.3 is 15.7 Å². The van der Waals surface area contributed by atoms with Crippen molar-refractivity contribution in [2.24, 2.45) is 0 Å². The molecule has 2 aromatic heterocycles. The number of hydrogen-bond acceptors (Lipinski definition) is 8. The maximum absolute atomic E-state index is 11.7. The van der Waals surface area contributed by atoms with E-state index in [-0.39, 0.29) is 11.0 Å². The Morgan fingerprint density at radius 1 is 1.30 bits per heavy atom. The molecule has 0 fully saturated rings. The summed E-state index contributed by atoms with van der Waals surface area (Å²) in [6.45, 7) is 5.30. The highest BCUT2D eigenvalue weighted by Crippen LogP contribution is 2.29. The molecule has 2 heterocycles. The third-order valence-electron chi connectivity index (χ3n) is 3.79. The van der Waals surface area contributed by atoms with Gasteiger partial charge in [-0.25, -0.2) is 4.79 Å². The Kier molecular flexibility index (Phi) is 7.63. The summed E-state index contributed by atoms with van der Waals surface area (Å²) in [5.41, 5.74) is 0.341. The van der Waals surface area contributed by atoms with Crippen molar-refractivity contribution < 1.29 is 14.6 Å². The minimum Gasteiger partial charge on any atom is -0.480 e. The van der Waals surface area contributed by atoms with Gasteiger partial charge in [-0.15, -0.1) is 10.2 Å². The van der Waals surface area contributed by atoms with Crippen LogP contribution in [0.5, 0.6) is 5.75 Å². The van der Waals surface area contributed by atoms with Crippen LogP contribution in [0.3, 0.4) is 0 Å². The highest BCUT2D eigenvalue weighted by atomic mass is 35.5. The summed E-state index contributed by atoms with van der Waals surface area (Å²) in [5.74, 6) is 4.96. The highest BCUT2D eigenvalue weighted by Gasteiger charge is 2.22. The molecule has 0 aliphatic rings. The molecule has 0 aliphatic heterocycles. The molecule has 11 heteroatoms. The molecule has 0 spiro atoms. The van der Waals surface area contributed by atoms with Crippen molar-refractivity contribution in [2.75, 3.05) is 18.7 Å². The van der Waals surface area contributed by atoms with Gasteiger partial charge in [-0.3, -0.25) is 9.78 Å². The van der Waals surface area contributed by atoms with Crippen LogP contribution in [0.1, 0.15) is 26.5 Å². The lowest BCUT2D eigenvalue weighted by Crippen LogP contribution is -2.37. The van der Waals surface area contributed by atoms with E-state index in [0.29, 0.717) is 27.1 Å². The van der Waals surface area contributed by atoms with Crippen LogP contribution >= 0.6 is 23.4 Å². The molecule has 0 atom stereocenters. The van der Waals surface area contributed by atoms with Crippen molar-refractivity contribution in [3.05, 3.63) is 51.5 Å². The van der Waals surface area contributed by atoms with Crippen molar-refractivity contribution in [1.29, 1.82) is 0 Å². The van der Waals surface area contributed by atoms with E-state index in [1.54, 1.807) is 36.7 Å². The van der Waals surface area contributed by atoms with Crippen LogP contribution in [0.2, 0.25) is 5.02 Å². The Morgan fingerprint density at radius 2 is 2.00 bits per heavy atom. The Hall–Kier alpha value is -2.85. The second-order valence-electron chi connectivity index (χ2n) is 7.09. The number of nitrogens with zero attached hydrogens (tertiary/aromatic N) is 4. The van der Waals surface area contributed by atoms with Crippen molar-refractivity contribution in [1.82, 2.24) is 19.9 Å². The number of carboxylic acids is 1. The maximum Gasteiger partial charge on any atom is 0.341 e. The third kappa shape index (κ3) is 5.61. The standard InChI is InChI=1S/C11H8ClNO3.C8H14N4OS/c12-8-3-4-9(16-6-10(14)15)11-7(8)2-1-5-13-11;1-8(2,3)5-6(13)12(9)7(14-4)11-10-5/h1-5H,6H2,(H,14,15);9H2,1-4H3. The summed E-state index contributed by atoms with van der Waals surface area (Å²) >= 11 is 7.27. The first kappa shape index (κ1) is 23.4. The predicted octanol–water partition coefficient (Wildman–Crippen LogP) is 2.72. The first-order valence-electron chi connectivity index (χ1n) is 8.73. The Bertz CT molecular complexity index is 1110. The summed E-state index contributed by atoms with van der Waals surface area (Å²) in [6, 6.07) is 6.83. The number of rotatable bonds is 4. The lowest BCUT2D eigenvalue weighted by Gasteiger charge is -2.16. The van der Waals surface area contributed by atoms with Gasteiger partial charge in [0.1, 0.15) is 17.0 Å². The molecule has 0 aliphatic carbocycles. The molecule has 0 saturated heterocycles. The normalized spacial score (nSPS) is 11.0. The Morgan fingerprint density at radius 3 is 2.60 bits per heavy atom. The van der Waals surface area contributed by atoms with Crippen LogP contribution < -0.4 is 16.1 Å². The second-order valence-corrected chi connectivity index (χ2v) is 8.27. The van der Waals surface area contributed by atoms with E-state index in [4.69, 9.17) is 27.3 Å². The number of nitrogen functional groups attached to an aromatic ring is 1. The lowest BCUT2D eigenvalue weighted by atomic mass is 9.93. The van der Waals surface area contributed by atoms with Crippen LogP contribution in [0, 0.1) is 0 Å². The fourth-order valence-electron chi connectivity index (χ4n) is 2.36. The molecule has 0 radical (unpaired) electrons. The molecule has 30 heavy (non-hydrogen) atoms. The minimum absolute atomic E-state index is 0.281. The fraction of sp³-hybridized carbons (Fsp3) is 0.316. The van der Waals surface area contributed by atoms with Crippen molar-refractivity contribution in [3.8, 4) is 5.75 Å². The number of nitrogens with two attached hydrogens (primary N) is 1. The molecule has 1 aromatic carbocycles. The van der Waals surface area contributed by atoms with Crippen LogP contribution in [0.15, 0.2) is 40.4 Å². The first-order chi connectivity index (χ1) is 14.1. The quantitative estimate of drug-likeness (QED) is 0.453. The van der Waals surface area contributed by atoms with E-state index < -0.39 is 12.6 Å². The van der Waals surface area contributed by atoms with E-state index >= 15 is 0 Å². The number of benzene rings is 1. The van der Waals surface area contributed by atoms with Gasteiger partial charge in [0.05, 0.1) is 5.02 Å². The molecular weight excluding hydrogens is 430 g/mol. The molecular formula is C19H22ClN5O4S. The number of aromatic nitrogens is 4. The Balaban J connectivity index is 0.000000216. The largest absolute Gasteiger partial charge is 0.480 e. The molecule has 0 amide bonds. The topological polar surface area (TPSA) is 133 Å². The van der Waals surface area contributed by atoms with Crippen LogP contribution in [-0.2, 0) is 10.2 Å². The van der Waals surface area contributed by atoms with Crippen molar-refractivity contribution in [2.45, 2.75) is 31.3 Å². The smallest absolute Gasteiger partial charge is 0.341 e. The van der Waals surface area contributed by atoms with Gasteiger partial charge >= 0.3 is 5.97 Å². The second kappa shape index (κ2) is 9.77. The summed E-state index contributed by atoms with van der Waals surface area (Å²) < 4.78 is 6.15. The number of carbonyl (C=O) groups is 1. The molecule has 3 rings (SSSR count). The number of carboxylic acid groups (broad SMARTS) is 1. The average Bonchev–Trinajstić information content (AvgIpc) is 2.69. The third-order valence-corrected chi connectivity index (χ3v) is 4.76. The maximum atomic E-state index is 11.7. The van der Waals surface area contributed by atoms with Gasteiger partial charge in [0, 0.05) is 17.0 Å². The first-order valence-corrected chi connectivity index (χ1v) is 10.3.